The molecule has 0 aliphatic heterocycles. The molecule has 38 heavy (non-hydrogen) atoms. The standard InChI is InChI=1S/C28H28N4O6/c1-21(25(17-29)30-26(33)36-18-22-11-5-2-6-12-22)32(28(35)38-20-24-15-9-4-10-16-24)31-27(34)37-19-23-13-7-3-8-14-23/h2-16,21,25H,18-20H2,1H3,(H,30,33)(H,31,34)/t21-,25?/m0/s1. The van der Waals surface area contributed by atoms with E-state index in [1.165, 1.54) is 6.92 Å². The first-order valence-electron chi connectivity index (χ1n) is 11.8. The normalized spacial score (nSPS) is 11.7. The van der Waals surface area contributed by atoms with E-state index in [0.29, 0.717) is 0 Å². The molecule has 3 rings (SSSR count). The van der Waals surface area contributed by atoms with Crippen LogP contribution >= 0.6 is 0 Å². The molecule has 3 aromatic rings. The molecule has 0 heterocycles. The second kappa shape index (κ2) is 14.5. The predicted molar refractivity (Wildman–Crippen MR) is 137 cm³/mol. The summed E-state index contributed by atoms with van der Waals surface area (Å²) in [6, 6.07) is 26.5. The molecule has 0 fully saturated rings. The van der Waals surface area contributed by atoms with Crippen LogP contribution in [-0.2, 0) is 34.0 Å². The van der Waals surface area contributed by atoms with Gasteiger partial charge in [-0.25, -0.2) is 24.8 Å². The molecule has 3 amide bonds. The number of nitrogens with zero attached hydrogens (tertiary/aromatic N) is 2. The summed E-state index contributed by atoms with van der Waals surface area (Å²) < 4.78 is 15.7. The molecule has 0 radical (unpaired) electrons. The number of rotatable bonds is 9. The molecule has 3 aromatic carbocycles. The van der Waals surface area contributed by atoms with E-state index < -0.39 is 30.4 Å². The van der Waals surface area contributed by atoms with Crippen molar-refractivity contribution in [2.24, 2.45) is 0 Å². The fourth-order valence-corrected chi connectivity index (χ4v) is 3.26. The number of hydrogen-bond acceptors (Lipinski definition) is 7. The second-order valence-corrected chi connectivity index (χ2v) is 8.14. The molecule has 0 saturated carbocycles. The van der Waals surface area contributed by atoms with Crippen molar-refractivity contribution in [3.8, 4) is 6.07 Å². The van der Waals surface area contributed by atoms with Crippen LogP contribution in [0.2, 0.25) is 0 Å². The Labute approximate surface area is 220 Å². The van der Waals surface area contributed by atoms with E-state index in [1.54, 1.807) is 72.8 Å². The minimum atomic E-state index is -1.25. The molecule has 1 unspecified atom stereocenters. The van der Waals surface area contributed by atoms with Gasteiger partial charge in [0.25, 0.3) is 0 Å². The van der Waals surface area contributed by atoms with Gasteiger partial charge in [0.15, 0.2) is 0 Å². The number of ether oxygens (including phenoxy) is 3. The van der Waals surface area contributed by atoms with Crippen molar-refractivity contribution in [3.63, 3.8) is 0 Å². The molecule has 10 nitrogen and oxygen atoms in total. The first-order valence-corrected chi connectivity index (χ1v) is 11.8. The Balaban J connectivity index is 1.65. The molecule has 0 aliphatic rings. The fraction of sp³-hybridized carbons (Fsp3) is 0.214. The van der Waals surface area contributed by atoms with Crippen LogP contribution in [0.3, 0.4) is 0 Å². The Kier molecular flexibility index (Phi) is 10.5. The Morgan fingerprint density at radius 2 is 1.16 bits per heavy atom. The molecule has 10 heteroatoms. The third-order valence-corrected chi connectivity index (χ3v) is 5.34. The van der Waals surface area contributed by atoms with E-state index in [2.05, 4.69) is 10.7 Å². The highest BCUT2D eigenvalue weighted by Crippen LogP contribution is 2.10. The summed E-state index contributed by atoms with van der Waals surface area (Å²) in [5.41, 5.74) is 4.55. The lowest BCUT2D eigenvalue weighted by Crippen LogP contribution is -2.58. The number of benzene rings is 3. The topological polar surface area (TPSA) is 130 Å². The van der Waals surface area contributed by atoms with E-state index in [9.17, 15) is 19.6 Å². The molecular weight excluding hydrogens is 488 g/mol. The third kappa shape index (κ3) is 8.87. The highest BCUT2D eigenvalue weighted by Gasteiger charge is 2.32. The zero-order valence-electron chi connectivity index (χ0n) is 20.8. The number of nitriles is 1. The Morgan fingerprint density at radius 1 is 0.737 bits per heavy atom. The van der Waals surface area contributed by atoms with Crippen LogP contribution < -0.4 is 10.7 Å². The number of hydrazine groups is 1. The molecular formula is C28H28N4O6. The third-order valence-electron chi connectivity index (χ3n) is 5.34. The van der Waals surface area contributed by atoms with Gasteiger partial charge in [-0.2, -0.15) is 5.26 Å². The minimum absolute atomic E-state index is 0.00784. The van der Waals surface area contributed by atoms with Gasteiger partial charge in [-0.15, -0.1) is 0 Å². The van der Waals surface area contributed by atoms with Crippen molar-refractivity contribution in [2.75, 3.05) is 0 Å². The van der Waals surface area contributed by atoms with E-state index in [-0.39, 0.29) is 19.8 Å². The highest BCUT2D eigenvalue weighted by atomic mass is 16.6. The first kappa shape index (κ1) is 27.5. The van der Waals surface area contributed by atoms with E-state index in [1.807, 2.05) is 24.3 Å². The van der Waals surface area contributed by atoms with Crippen LogP contribution in [0.25, 0.3) is 0 Å². The molecule has 0 bridgehead atoms. The SMILES string of the molecule is C[C@@H](C(C#N)NC(=O)OCc1ccccc1)N(NC(=O)OCc1ccccc1)C(=O)OCc1ccccc1. The van der Waals surface area contributed by atoms with Crippen molar-refractivity contribution >= 4 is 18.3 Å². The first-order chi connectivity index (χ1) is 18.5. The highest BCUT2D eigenvalue weighted by molar-refractivity contribution is 5.75. The van der Waals surface area contributed by atoms with Gasteiger partial charge in [0, 0.05) is 0 Å². The maximum absolute atomic E-state index is 13.0. The zero-order chi connectivity index (χ0) is 27.2. The number of alkyl carbamates (subject to hydrolysis) is 1. The minimum Gasteiger partial charge on any atom is -0.445 e. The lowest BCUT2D eigenvalue weighted by Gasteiger charge is -2.30. The summed E-state index contributed by atoms with van der Waals surface area (Å²) in [6.45, 7) is 1.34. The van der Waals surface area contributed by atoms with E-state index >= 15 is 0 Å². The van der Waals surface area contributed by atoms with Crippen molar-refractivity contribution in [1.82, 2.24) is 15.8 Å². The molecule has 0 aromatic heterocycles. The van der Waals surface area contributed by atoms with Gasteiger partial charge in [0.2, 0.25) is 0 Å². The smallest absolute Gasteiger partial charge is 0.429 e. The van der Waals surface area contributed by atoms with Crippen LogP contribution in [0, 0.1) is 11.3 Å². The summed E-state index contributed by atoms with van der Waals surface area (Å²) >= 11 is 0. The number of carbonyl (C=O) groups is 3. The Hall–Kier alpha value is -5.04. The van der Waals surface area contributed by atoms with E-state index in [4.69, 9.17) is 14.2 Å². The monoisotopic (exact) mass is 516 g/mol. The number of hydrogen-bond donors (Lipinski definition) is 2. The molecule has 0 spiro atoms. The number of carbonyl (C=O) groups excluding carboxylic acids is 3. The van der Waals surface area contributed by atoms with Gasteiger partial charge in [-0.3, -0.25) is 0 Å². The Bertz CT molecular complexity index is 1220. The lowest BCUT2D eigenvalue weighted by molar-refractivity contribution is 0.0447. The van der Waals surface area contributed by atoms with Crippen molar-refractivity contribution in [2.45, 2.75) is 38.8 Å². The van der Waals surface area contributed by atoms with Crippen LogP contribution in [-0.4, -0.2) is 35.4 Å². The lowest BCUT2D eigenvalue weighted by atomic mass is 10.1. The summed E-state index contributed by atoms with van der Waals surface area (Å²) in [5, 5.41) is 12.9. The summed E-state index contributed by atoms with van der Waals surface area (Å²) in [4.78, 5) is 37.8. The van der Waals surface area contributed by atoms with E-state index in [0.717, 1.165) is 21.7 Å². The van der Waals surface area contributed by atoms with Gasteiger partial charge < -0.3 is 19.5 Å². The van der Waals surface area contributed by atoms with Gasteiger partial charge in [0.05, 0.1) is 12.1 Å². The molecule has 196 valence electrons. The maximum Gasteiger partial charge on any atom is 0.429 e. The van der Waals surface area contributed by atoms with Crippen molar-refractivity contribution in [1.29, 1.82) is 5.26 Å². The molecule has 0 saturated heterocycles. The molecule has 2 atom stereocenters. The average Bonchev–Trinajstić information content (AvgIpc) is 2.96. The quantitative estimate of drug-likeness (QED) is 0.312. The molecule has 0 aliphatic carbocycles. The van der Waals surface area contributed by atoms with Crippen LogP contribution in [0.4, 0.5) is 14.4 Å². The van der Waals surface area contributed by atoms with Crippen molar-refractivity contribution in [3.05, 3.63) is 108 Å². The van der Waals surface area contributed by atoms with Crippen LogP contribution in [0.5, 0.6) is 0 Å². The second-order valence-electron chi connectivity index (χ2n) is 8.14. The van der Waals surface area contributed by atoms with Crippen molar-refractivity contribution < 1.29 is 28.6 Å². The Morgan fingerprint density at radius 3 is 1.61 bits per heavy atom. The number of amides is 3. The average molecular weight is 517 g/mol. The number of nitrogens with one attached hydrogen (secondary N) is 2. The summed E-state index contributed by atoms with van der Waals surface area (Å²) in [5.74, 6) is 0. The zero-order valence-corrected chi connectivity index (χ0v) is 20.8. The van der Waals surface area contributed by atoms with Crippen LogP contribution in [0.1, 0.15) is 23.6 Å². The maximum atomic E-state index is 13.0. The van der Waals surface area contributed by atoms with Gasteiger partial charge >= 0.3 is 18.3 Å². The van der Waals surface area contributed by atoms with Crippen LogP contribution in [0.15, 0.2) is 91.0 Å². The summed E-state index contributed by atoms with van der Waals surface area (Å²) in [6.07, 6.45) is -2.75. The van der Waals surface area contributed by atoms with Gasteiger partial charge in [-0.1, -0.05) is 91.0 Å². The predicted octanol–water partition coefficient (Wildman–Crippen LogP) is 4.67. The molecule has 2 N–H and O–H groups in total. The van der Waals surface area contributed by atoms with Gasteiger partial charge in [0.1, 0.15) is 25.9 Å². The fourth-order valence-electron chi connectivity index (χ4n) is 3.26. The van der Waals surface area contributed by atoms with Gasteiger partial charge in [-0.05, 0) is 23.6 Å². The largest absolute Gasteiger partial charge is 0.445 e. The summed E-state index contributed by atoms with van der Waals surface area (Å²) in [7, 11) is 0.